The van der Waals surface area contributed by atoms with Crippen molar-refractivity contribution in [2.75, 3.05) is 39.3 Å². The Labute approximate surface area is 128 Å². The van der Waals surface area contributed by atoms with Gasteiger partial charge in [-0.15, -0.1) is 0 Å². The lowest BCUT2D eigenvalue weighted by molar-refractivity contribution is -0.135. The molecule has 21 heavy (non-hydrogen) atoms. The number of piperazine rings is 1. The third-order valence-corrected chi connectivity index (χ3v) is 6.68. The lowest BCUT2D eigenvalue weighted by Crippen LogP contribution is -2.50. The van der Waals surface area contributed by atoms with Crippen LogP contribution in [-0.2, 0) is 4.79 Å². The van der Waals surface area contributed by atoms with Crippen LogP contribution in [0, 0.1) is 35.5 Å². The minimum Gasteiger partial charge on any atom is -0.340 e. The van der Waals surface area contributed by atoms with E-state index in [1.807, 2.05) is 0 Å². The van der Waals surface area contributed by atoms with Gasteiger partial charge in [0, 0.05) is 38.6 Å². The maximum Gasteiger partial charge on any atom is 0.226 e. The summed E-state index contributed by atoms with van der Waals surface area (Å²) in [6.07, 6.45) is 4.24. The number of carbonyl (C=O) groups excluding carboxylic acids is 1. The van der Waals surface area contributed by atoms with Crippen LogP contribution in [0.3, 0.4) is 0 Å². The summed E-state index contributed by atoms with van der Waals surface area (Å²) in [7, 11) is 0. The Morgan fingerprint density at radius 3 is 2.33 bits per heavy atom. The van der Waals surface area contributed by atoms with Gasteiger partial charge in [0.25, 0.3) is 0 Å². The van der Waals surface area contributed by atoms with Crippen LogP contribution in [-0.4, -0.2) is 55.0 Å². The van der Waals surface area contributed by atoms with Crippen LogP contribution in [0.4, 0.5) is 0 Å². The minimum absolute atomic E-state index is 0.422. The summed E-state index contributed by atoms with van der Waals surface area (Å²) in [4.78, 5) is 17.4. The van der Waals surface area contributed by atoms with E-state index in [9.17, 15) is 4.79 Å². The fourth-order valence-electron chi connectivity index (χ4n) is 5.53. The first-order chi connectivity index (χ1) is 10.2. The molecule has 2 bridgehead atoms. The van der Waals surface area contributed by atoms with Crippen LogP contribution < -0.4 is 5.73 Å². The predicted octanol–water partition coefficient (Wildman–Crippen LogP) is 1.02. The van der Waals surface area contributed by atoms with E-state index in [0.29, 0.717) is 17.7 Å². The minimum atomic E-state index is 0.422. The number of rotatable bonds is 4. The molecule has 118 valence electrons. The van der Waals surface area contributed by atoms with Crippen molar-refractivity contribution in [1.82, 2.24) is 9.80 Å². The summed E-state index contributed by atoms with van der Waals surface area (Å²) in [6, 6.07) is 0. The molecule has 1 saturated heterocycles. The number of nitrogens with two attached hydrogens (primary N) is 1. The number of hydrogen-bond donors (Lipinski definition) is 1. The summed E-state index contributed by atoms with van der Waals surface area (Å²) in [5.41, 5.74) is 5.71. The van der Waals surface area contributed by atoms with E-state index in [1.54, 1.807) is 0 Å². The van der Waals surface area contributed by atoms with Crippen LogP contribution in [0.15, 0.2) is 0 Å². The quantitative estimate of drug-likeness (QED) is 0.841. The maximum absolute atomic E-state index is 12.8. The van der Waals surface area contributed by atoms with Crippen molar-refractivity contribution >= 4 is 5.91 Å². The largest absolute Gasteiger partial charge is 0.340 e. The van der Waals surface area contributed by atoms with Crippen molar-refractivity contribution in [1.29, 1.82) is 0 Å². The molecule has 3 aliphatic carbocycles. The van der Waals surface area contributed by atoms with Gasteiger partial charge in [0.15, 0.2) is 0 Å². The van der Waals surface area contributed by atoms with E-state index in [2.05, 4.69) is 16.7 Å². The molecule has 5 atom stereocenters. The van der Waals surface area contributed by atoms with Gasteiger partial charge in [-0.1, -0.05) is 6.92 Å². The lowest BCUT2D eigenvalue weighted by Gasteiger charge is -2.36. The SMILES string of the molecule is CC(CN)CN1CCN(C(=O)C2C3C4CCC(C4)C23)CC1. The van der Waals surface area contributed by atoms with Crippen molar-refractivity contribution in [2.24, 2.45) is 41.2 Å². The zero-order valence-electron chi connectivity index (χ0n) is 13.2. The number of fused-ring (bicyclic) bond motifs is 5. The summed E-state index contributed by atoms with van der Waals surface area (Å²) < 4.78 is 0. The average Bonchev–Trinajstić information content (AvgIpc) is 2.94. The van der Waals surface area contributed by atoms with Gasteiger partial charge in [0.1, 0.15) is 0 Å². The van der Waals surface area contributed by atoms with Crippen molar-refractivity contribution in [2.45, 2.75) is 26.2 Å². The van der Waals surface area contributed by atoms with E-state index >= 15 is 0 Å². The first kappa shape index (κ1) is 14.0. The second-order valence-corrected chi connectivity index (χ2v) is 7.98. The molecule has 1 heterocycles. The smallest absolute Gasteiger partial charge is 0.226 e. The standard InChI is InChI=1S/C17H29N3O/c1-11(9-18)10-19-4-6-20(7-5-19)17(21)16-14-12-2-3-13(8-12)15(14)16/h11-16H,2-10,18H2,1H3. The van der Waals surface area contributed by atoms with E-state index in [4.69, 9.17) is 5.73 Å². The highest BCUT2D eigenvalue weighted by molar-refractivity contribution is 5.83. The van der Waals surface area contributed by atoms with Gasteiger partial charge in [-0.2, -0.15) is 0 Å². The normalized spacial score (nSPS) is 43.0. The predicted molar refractivity (Wildman–Crippen MR) is 82.5 cm³/mol. The number of amides is 1. The first-order valence-electron chi connectivity index (χ1n) is 8.90. The molecule has 3 saturated carbocycles. The van der Waals surface area contributed by atoms with Crippen molar-refractivity contribution in [3.8, 4) is 0 Å². The van der Waals surface area contributed by atoms with E-state index in [1.165, 1.54) is 19.3 Å². The lowest BCUT2D eigenvalue weighted by atomic mass is 10.0. The van der Waals surface area contributed by atoms with Crippen LogP contribution >= 0.6 is 0 Å². The maximum atomic E-state index is 12.8. The van der Waals surface area contributed by atoms with Crippen LogP contribution in [0.1, 0.15) is 26.2 Å². The number of nitrogens with zero attached hydrogens (tertiary/aromatic N) is 2. The monoisotopic (exact) mass is 291 g/mol. The number of carbonyl (C=O) groups is 1. The highest BCUT2D eigenvalue weighted by Crippen LogP contribution is 2.69. The van der Waals surface area contributed by atoms with Gasteiger partial charge in [0.05, 0.1) is 0 Å². The van der Waals surface area contributed by atoms with Crippen LogP contribution in [0.2, 0.25) is 0 Å². The number of hydrogen-bond acceptors (Lipinski definition) is 3. The third-order valence-electron chi connectivity index (χ3n) is 6.68. The van der Waals surface area contributed by atoms with Crippen LogP contribution in [0.25, 0.3) is 0 Å². The van der Waals surface area contributed by atoms with Gasteiger partial charge < -0.3 is 10.6 Å². The second kappa shape index (κ2) is 5.24. The van der Waals surface area contributed by atoms with Gasteiger partial charge >= 0.3 is 0 Å². The molecule has 4 aliphatic rings. The second-order valence-electron chi connectivity index (χ2n) is 7.98. The average molecular weight is 291 g/mol. The topological polar surface area (TPSA) is 49.6 Å². The van der Waals surface area contributed by atoms with E-state index in [-0.39, 0.29) is 0 Å². The summed E-state index contributed by atoms with van der Waals surface area (Å²) in [6.45, 7) is 7.97. The molecule has 1 aliphatic heterocycles. The Bertz CT molecular complexity index is 402. The van der Waals surface area contributed by atoms with Gasteiger partial charge in [-0.05, 0) is 55.4 Å². The molecule has 4 nitrogen and oxygen atoms in total. The Morgan fingerprint density at radius 2 is 1.76 bits per heavy atom. The van der Waals surface area contributed by atoms with Gasteiger partial charge in [-0.25, -0.2) is 0 Å². The molecule has 5 unspecified atom stereocenters. The van der Waals surface area contributed by atoms with Gasteiger partial charge in [0.2, 0.25) is 5.91 Å². The molecule has 4 fully saturated rings. The zero-order chi connectivity index (χ0) is 14.6. The highest BCUT2D eigenvalue weighted by atomic mass is 16.2. The summed E-state index contributed by atoms with van der Waals surface area (Å²) in [5.74, 6) is 4.85. The zero-order valence-corrected chi connectivity index (χ0v) is 13.2. The molecule has 0 aromatic rings. The molecule has 0 aromatic carbocycles. The molecule has 0 aromatic heterocycles. The van der Waals surface area contributed by atoms with Crippen molar-refractivity contribution < 1.29 is 4.79 Å². The molecule has 4 rings (SSSR count). The molecular formula is C17H29N3O. The molecule has 1 amide bonds. The highest BCUT2D eigenvalue weighted by Gasteiger charge is 2.67. The van der Waals surface area contributed by atoms with E-state index in [0.717, 1.165) is 62.9 Å². The van der Waals surface area contributed by atoms with Crippen LogP contribution in [0.5, 0.6) is 0 Å². The molecule has 2 N–H and O–H groups in total. The van der Waals surface area contributed by atoms with Crippen molar-refractivity contribution in [3.05, 3.63) is 0 Å². The van der Waals surface area contributed by atoms with Gasteiger partial charge in [-0.3, -0.25) is 9.69 Å². The molecule has 0 radical (unpaired) electrons. The fourth-order valence-corrected chi connectivity index (χ4v) is 5.53. The van der Waals surface area contributed by atoms with Crippen molar-refractivity contribution in [3.63, 3.8) is 0 Å². The molecular weight excluding hydrogens is 262 g/mol. The third kappa shape index (κ3) is 2.31. The Hall–Kier alpha value is -0.610. The fraction of sp³-hybridized carbons (Fsp3) is 0.941. The Balaban J connectivity index is 1.28. The summed E-state index contributed by atoms with van der Waals surface area (Å²) in [5, 5.41) is 0. The Morgan fingerprint density at radius 1 is 1.14 bits per heavy atom. The van der Waals surface area contributed by atoms with E-state index < -0.39 is 0 Å². The molecule has 4 heteroatoms. The first-order valence-corrected chi connectivity index (χ1v) is 8.90. The Kier molecular flexibility index (Phi) is 3.49. The molecule has 0 spiro atoms. The summed E-state index contributed by atoms with van der Waals surface area (Å²) >= 11 is 0.